The highest BCUT2D eigenvalue weighted by molar-refractivity contribution is 7.97. The van der Waals surface area contributed by atoms with Gasteiger partial charge in [0.05, 0.1) is 10.9 Å². The Morgan fingerprint density at radius 2 is 1.00 bits per heavy atom. The van der Waals surface area contributed by atoms with Crippen molar-refractivity contribution in [2.75, 3.05) is 0 Å². The number of benzene rings is 3. The van der Waals surface area contributed by atoms with Gasteiger partial charge in [-0.2, -0.15) is 0 Å². The van der Waals surface area contributed by atoms with Crippen LogP contribution in [-0.2, 0) is 10.9 Å². The Kier molecular flexibility index (Phi) is 7.24. The zero-order valence-corrected chi connectivity index (χ0v) is 15.3. The van der Waals surface area contributed by atoms with Crippen LogP contribution in [0.2, 0.25) is 0 Å². The lowest BCUT2D eigenvalue weighted by molar-refractivity contribution is 0.101. The minimum Gasteiger partial charge on any atom is -0.418 e. The Morgan fingerprint density at radius 1 is 0.667 bits per heavy atom. The summed E-state index contributed by atoms with van der Waals surface area (Å²) in [5, 5.41) is 0. The normalized spacial score (nSPS) is 10.9. The molecule has 0 aromatic heterocycles. The topological polar surface area (TPSA) is 17.1 Å². The molecule has 0 unspecified atom stereocenters. The van der Waals surface area contributed by atoms with Crippen LogP contribution in [-0.4, -0.2) is 13.0 Å². The molecule has 0 saturated carbocycles. The van der Waals surface area contributed by atoms with Crippen LogP contribution in [0.4, 0.5) is 17.3 Å². The molecule has 3 aromatic carbocycles. The van der Waals surface area contributed by atoms with E-state index in [1.807, 2.05) is 24.3 Å². The Hall–Kier alpha value is -2.54. The minimum atomic E-state index is -6.00. The van der Waals surface area contributed by atoms with Gasteiger partial charge >= 0.3 is 7.25 Å². The molecule has 0 aliphatic heterocycles. The molecule has 0 radical (unpaired) electrons. The van der Waals surface area contributed by atoms with Crippen LogP contribution in [0.5, 0.6) is 0 Å². The van der Waals surface area contributed by atoms with E-state index in [9.17, 15) is 22.1 Å². The molecule has 0 spiro atoms. The SMILES string of the molecule is CC(=O)c1ccc([S+](c2ccccc2)c2ccccc2)cc1.F[B-](F)(F)F. The molecule has 7 heteroatoms. The zero-order valence-electron chi connectivity index (χ0n) is 14.5. The first-order valence-corrected chi connectivity index (χ1v) is 9.31. The molecule has 27 heavy (non-hydrogen) atoms. The highest BCUT2D eigenvalue weighted by Crippen LogP contribution is 2.31. The summed E-state index contributed by atoms with van der Waals surface area (Å²) < 4.78 is 39.0. The molecular formula is C20H17BF4OS. The van der Waals surface area contributed by atoms with Gasteiger partial charge in [0.25, 0.3) is 0 Å². The maximum atomic E-state index is 11.5. The average Bonchev–Trinajstić information content (AvgIpc) is 2.63. The first kappa shape index (κ1) is 20.8. The van der Waals surface area contributed by atoms with Gasteiger partial charge in [-0.1, -0.05) is 36.4 Å². The first-order chi connectivity index (χ1) is 12.8. The third-order valence-corrected chi connectivity index (χ3v) is 5.69. The highest BCUT2D eigenvalue weighted by Gasteiger charge is 2.28. The molecule has 1 nitrogen and oxygen atoms in total. The number of hydrogen-bond acceptors (Lipinski definition) is 1. The number of hydrogen-bond donors (Lipinski definition) is 0. The van der Waals surface area contributed by atoms with Crippen LogP contribution in [0.25, 0.3) is 0 Å². The van der Waals surface area contributed by atoms with Crippen molar-refractivity contribution in [2.24, 2.45) is 0 Å². The van der Waals surface area contributed by atoms with Crippen molar-refractivity contribution in [3.8, 4) is 0 Å². The fourth-order valence-electron chi connectivity index (χ4n) is 2.35. The van der Waals surface area contributed by atoms with Gasteiger partial charge in [0, 0.05) is 5.56 Å². The Morgan fingerprint density at radius 3 is 1.33 bits per heavy atom. The molecule has 3 aromatic rings. The predicted octanol–water partition coefficient (Wildman–Crippen LogP) is 6.28. The van der Waals surface area contributed by atoms with E-state index in [0.717, 1.165) is 5.56 Å². The Balaban J connectivity index is 0.000000465. The molecule has 0 saturated heterocycles. The zero-order chi connectivity index (χ0) is 19.9. The van der Waals surface area contributed by atoms with Gasteiger partial charge in [-0.05, 0) is 55.5 Å². The Bertz CT molecular complexity index is 807. The van der Waals surface area contributed by atoms with Crippen LogP contribution >= 0.6 is 0 Å². The van der Waals surface area contributed by atoms with E-state index < -0.39 is 7.25 Å². The van der Waals surface area contributed by atoms with Gasteiger partial charge in [0.1, 0.15) is 0 Å². The standard InChI is InChI=1S/C20H17OS.BF4/c1-16(21)17-12-14-20(15-13-17)22(18-8-4-2-5-9-18)19-10-6-3-7-11-19;2-1(3,4)5/h2-15H,1H3;/q+1;-1. The molecule has 0 amide bonds. The van der Waals surface area contributed by atoms with Crippen molar-refractivity contribution in [2.45, 2.75) is 21.6 Å². The second kappa shape index (κ2) is 9.42. The molecular weight excluding hydrogens is 375 g/mol. The summed E-state index contributed by atoms with van der Waals surface area (Å²) in [5.74, 6) is 0.103. The van der Waals surface area contributed by atoms with Crippen LogP contribution in [0.1, 0.15) is 17.3 Å². The molecule has 0 bridgehead atoms. The smallest absolute Gasteiger partial charge is 0.418 e. The van der Waals surface area contributed by atoms with E-state index in [0.29, 0.717) is 0 Å². The van der Waals surface area contributed by atoms with Gasteiger partial charge in [0.2, 0.25) is 0 Å². The molecule has 0 fully saturated rings. The van der Waals surface area contributed by atoms with E-state index in [1.54, 1.807) is 6.92 Å². The molecule has 0 aliphatic rings. The third-order valence-electron chi connectivity index (χ3n) is 3.45. The van der Waals surface area contributed by atoms with Crippen molar-refractivity contribution < 1.29 is 22.1 Å². The number of Topliss-reactive ketones (excluding diaryl/α,β-unsaturated/α-hetero) is 1. The molecule has 0 heterocycles. The van der Waals surface area contributed by atoms with Gasteiger partial charge in [-0.25, -0.2) is 0 Å². The van der Waals surface area contributed by atoms with Crippen molar-refractivity contribution >= 4 is 23.9 Å². The lowest BCUT2D eigenvalue weighted by atomic mass is 10.2. The van der Waals surface area contributed by atoms with Crippen LogP contribution in [0.15, 0.2) is 99.6 Å². The van der Waals surface area contributed by atoms with E-state index >= 15 is 0 Å². The summed E-state index contributed by atoms with van der Waals surface area (Å²) in [6.07, 6.45) is 0. The quantitative estimate of drug-likeness (QED) is 0.221. The summed E-state index contributed by atoms with van der Waals surface area (Å²) >= 11 is 0. The highest BCUT2D eigenvalue weighted by atomic mass is 32.2. The second-order valence-corrected chi connectivity index (χ2v) is 7.53. The van der Waals surface area contributed by atoms with Crippen molar-refractivity contribution in [1.29, 1.82) is 0 Å². The maximum absolute atomic E-state index is 11.5. The lowest BCUT2D eigenvalue weighted by Gasteiger charge is -2.08. The number of rotatable bonds is 4. The van der Waals surface area contributed by atoms with Crippen molar-refractivity contribution in [3.05, 3.63) is 90.5 Å². The minimum absolute atomic E-state index is 0.103. The van der Waals surface area contributed by atoms with Crippen molar-refractivity contribution in [3.63, 3.8) is 0 Å². The fourth-order valence-corrected chi connectivity index (χ4v) is 4.43. The molecule has 0 atom stereocenters. The molecule has 0 aliphatic carbocycles. The molecule has 0 N–H and O–H groups in total. The summed E-state index contributed by atoms with van der Waals surface area (Å²) in [6.45, 7) is 1.60. The summed E-state index contributed by atoms with van der Waals surface area (Å²) in [7, 11) is -6.15. The van der Waals surface area contributed by atoms with Crippen LogP contribution < -0.4 is 0 Å². The van der Waals surface area contributed by atoms with E-state index in [-0.39, 0.29) is 16.7 Å². The molecule has 140 valence electrons. The number of carbonyl (C=O) groups excluding carboxylic acids is 1. The summed E-state index contributed by atoms with van der Waals surface area (Å²) in [4.78, 5) is 15.3. The van der Waals surface area contributed by atoms with Gasteiger partial charge in [-0.15, -0.1) is 0 Å². The average molecular weight is 392 g/mol. The van der Waals surface area contributed by atoms with E-state index in [1.165, 1.54) is 14.7 Å². The lowest BCUT2D eigenvalue weighted by Crippen LogP contribution is -2.05. The number of halogens is 4. The largest absolute Gasteiger partial charge is 0.673 e. The van der Waals surface area contributed by atoms with Crippen LogP contribution in [0, 0.1) is 0 Å². The predicted molar refractivity (Wildman–Crippen MR) is 102 cm³/mol. The van der Waals surface area contributed by atoms with Gasteiger partial charge < -0.3 is 17.3 Å². The monoisotopic (exact) mass is 392 g/mol. The van der Waals surface area contributed by atoms with Gasteiger partial charge in [0.15, 0.2) is 20.5 Å². The number of ketones is 1. The fraction of sp³-hybridized carbons (Fsp3) is 0.0500. The van der Waals surface area contributed by atoms with Crippen LogP contribution in [0.3, 0.4) is 0 Å². The summed E-state index contributed by atoms with van der Waals surface area (Å²) in [5.41, 5.74) is 0.758. The van der Waals surface area contributed by atoms with Gasteiger partial charge in [-0.3, -0.25) is 4.79 Å². The second-order valence-electron chi connectivity index (χ2n) is 5.51. The third kappa shape index (κ3) is 6.94. The van der Waals surface area contributed by atoms with Crippen molar-refractivity contribution in [1.82, 2.24) is 0 Å². The van der Waals surface area contributed by atoms with E-state index in [2.05, 4.69) is 60.7 Å². The molecule has 3 rings (SSSR count). The first-order valence-electron chi connectivity index (χ1n) is 8.08. The Labute approximate surface area is 158 Å². The maximum Gasteiger partial charge on any atom is 0.673 e. The number of carbonyl (C=O) groups is 1. The summed E-state index contributed by atoms with van der Waals surface area (Å²) in [6, 6.07) is 29.0. The van der Waals surface area contributed by atoms with E-state index in [4.69, 9.17) is 0 Å².